The van der Waals surface area contributed by atoms with Crippen LogP contribution in [-0.2, 0) is 6.42 Å². The van der Waals surface area contributed by atoms with Crippen molar-refractivity contribution in [2.75, 3.05) is 11.9 Å². The van der Waals surface area contributed by atoms with Gasteiger partial charge in [0.05, 0.1) is 11.7 Å². The molecule has 3 aromatic heterocycles. The summed E-state index contributed by atoms with van der Waals surface area (Å²) >= 11 is 0. The lowest BCUT2D eigenvalue weighted by Gasteiger charge is -2.21. The maximum atomic E-state index is 13.9. The fraction of sp³-hybridized carbons (Fsp3) is 0.259. The Kier molecular flexibility index (Phi) is 8.11. The molecule has 4 aromatic rings. The van der Waals surface area contributed by atoms with Crippen LogP contribution in [-0.4, -0.2) is 54.2 Å². The van der Waals surface area contributed by atoms with E-state index in [0.717, 1.165) is 12.1 Å². The fourth-order valence-corrected chi connectivity index (χ4v) is 4.01. The summed E-state index contributed by atoms with van der Waals surface area (Å²) in [6, 6.07) is 7.77. The maximum Gasteiger partial charge on any atom is 0.405 e. The van der Waals surface area contributed by atoms with Crippen molar-refractivity contribution >= 4 is 17.7 Å². The predicted octanol–water partition coefficient (Wildman–Crippen LogP) is 4.72. The summed E-state index contributed by atoms with van der Waals surface area (Å²) in [5.41, 5.74) is -0.259. The lowest BCUT2D eigenvalue weighted by atomic mass is 9.95. The first kappa shape index (κ1) is 29.2. The van der Waals surface area contributed by atoms with Crippen molar-refractivity contribution in [3.05, 3.63) is 77.2 Å². The number of amides is 1. The molecule has 14 heteroatoms. The Labute approximate surface area is 230 Å². The van der Waals surface area contributed by atoms with Gasteiger partial charge in [-0.1, -0.05) is 5.92 Å². The Hall–Kier alpha value is -4.77. The highest BCUT2D eigenvalue weighted by atomic mass is 19.4. The summed E-state index contributed by atoms with van der Waals surface area (Å²) in [5.74, 6) is 3.41. The molecule has 0 aliphatic carbocycles. The van der Waals surface area contributed by atoms with Crippen molar-refractivity contribution in [3.63, 3.8) is 0 Å². The van der Waals surface area contributed by atoms with Gasteiger partial charge in [0.2, 0.25) is 5.95 Å². The number of halogens is 5. The second-order valence-corrected chi connectivity index (χ2v) is 9.53. The Morgan fingerprint density at radius 2 is 1.78 bits per heavy atom. The van der Waals surface area contributed by atoms with Crippen LogP contribution in [0.3, 0.4) is 0 Å². The monoisotopic (exact) mass is 574 g/mol. The number of carboxylic acid groups (broad SMARTS) is 1. The molecule has 214 valence electrons. The number of pyridine rings is 2. The van der Waals surface area contributed by atoms with Crippen LogP contribution in [0, 0.1) is 23.5 Å². The first-order valence-electron chi connectivity index (χ1n) is 12.0. The van der Waals surface area contributed by atoms with Crippen molar-refractivity contribution in [2.24, 2.45) is 0 Å². The summed E-state index contributed by atoms with van der Waals surface area (Å²) in [5, 5.41) is 31.9. The highest BCUT2D eigenvalue weighted by Gasteiger charge is 2.28. The number of carbonyl (C=O) groups is 1. The normalized spacial score (nSPS) is 12.5. The number of benzene rings is 1. The molecule has 1 atom stereocenters. The van der Waals surface area contributed by atoms with Crippen LogP contribution in [0.1, 0.15) is 36.8 Å². The molecule has 0 fully saturated rings. The molecule has 0 radical (unpaired) electrons. The molecule has 1 amide bonds. The molecule has 9 nitrogen and oxygen atoms in total. The Balaban J connectivity index is 1.89. The topological polar surface area (TPSA) is 125 Å². The van der Waals surface area contributed by atoms with Crippen LogP contribution in [0.5, 0.6) is 0 Å². The van der Waals surface area contributed by atoms with Crippen LogP contribution in [0.4, 0.5) is 32.7 Å². The molecule has 4 N–H and O–H groups in total. The number of aliphatic hydroxyl groups is 1. The Morgan fingerprint density at radius 1 is 1.07 bits per heavy atom. The van der Waals surface area contributed by atoms with Crippen LogP contribution in [0.25, 0.3) is 16.8 Å². The van der Waals surface area contributed by atoms with Crippen molar-refractivity contribution in [2.45, 2.75) is 38.1 Å². The number of anilines is 1. The van der Waals surface area contributed by atoms with Gasteiger partial charge in [-0.2, -0.15) is 13.2 Å². The molecular weight excluding hydrogens is 551 g/mol. The first-order chi connectivity index (χ1) is 19.2. The average molecular weight is 575 g/mol. The van der Waals surface area contributed by atoms with E-state index in [4.69, 9.17) is 0 Å². The smallest absolute Gasteiger partial charge is 0.405 e. The molecule has 1 aromatic carbocycles. The van der Waals surface area contributed by atoms with E-state index in [9.17, 15) is 37.0 Å². The molecule has 0 bridgehead atoms. The zero-order valence-electron chi connectivity index (χ0n) is 21.6. The summed E-state index contributed by atoms with van der Waals surface area (Å²) in [6.45, 7) is 1.56. The molecule has 0 aliphatic rings. The minimum absolute atomic E-state index is 0.0838. The third-order valence-corrected chi connectivity index (χ3v) is 5.58. The van der Waals surface area contributed by atoms with E-state index in [1.54, 1.807) is 12.1 Å². The minimum atomic E-state index is -4.51. The minimum Gasteiger partial charge on any atom is -0.465 e. The lowest BCUT2D eigenvalue weighted by molar-refractivity contribution is -0.115. The molecule has 0 spiro atoms. The van der Waals surface area contributed by atoms with Gasteiger partial charge in [-0.15, -0.1) is 10.2 Å². The van der Waals surface area contributed by atoms with Gasteiger partial charge in [0.1, 0.15) is 29.5 Å². The van der Waals surface area contributed by atoms with Gasteiger partial charge in [-0.3, -0.25) is 4.40 Å². The predicted molar refractivity (Wildman–Crippen MR) is 138 cm³/mol. The maximum absolute atomic E-state index is 13.9. The number of fused-ring (bicyclic) bond motifs is 1. The lowest BCUT2D eigenvalue weighted by Crippen LogP contribution is -2.30. The number of aromatic nitrogens is 4. The molecule has 0 saturated carbocycles. The largest absolute Gasteiger partial charge is 0.465 e. The van der Waals surface area contributed by atoms with E-state index >= 15 is 0 Å². The van der Waals surface area contributed by atoms with Crippen LogP contribution < -0.4 is 10.6 Å². The van der Waals surface area contributed by atoms with Crippen molar-refractivity contribution in [1.82, 2.24) is 24.9 Å². The van der Waals surface area contributed by atoms with Crippen molar-refractivity contribution in [1.29, 1.82) is 0 Å². The number of hydrogen-bond acceptors (Lipinski definition) is 6. The van der Waals surface area contributed by atoms with E-state index in [2.05, 4.69) is 37.7 Å². The average Bonchev–Trinajstić information content (AvgIpc) is 3.27. The Morgan fingerprint density at radius 3 is 2.41 bits per heavy atom. The standard InChI is InChI=1S/C27H23F5N6O3/c1-26(2,41)8-7-18-5-6-19(20-4-3-9-38-23(20)36-37-24(38)33-14-27(30,31)32)22(34-18)21(35-25(39)40)12-15-10-16(28)13-17(29)11-15/h3-6,9-11,13,21,35,41H,12,14H2,1-2H3,(H,33,37)(H,39,40). The molecule has 0 saturated heterocycles. The van der Waals surface area contributed by atoms with Gasteiger partial charge in [0.15, 0.2) is 5.65 Å². The van der Waals surface area contributed by atoms with Crippen molar-refractivity contribution < 1.29 is 37.0 Å². The number of hydrogen-bond donors (Lipinski definition) is 4. The van der Waals surface area contributed by atoms with E-state index in [1.165, 1.54) is 36.6 Å². The van der Waals surface area contributed by atoms with Gasteiger partial charge in [-0.25, -0.2) is 18.6 Å². The molecule has 1 unspecified atom stereocenters. The second-order valence-electron chi connectivity index (χ2n) is 9.53. The third-order valence-electron chi connectivity index (χ3n) is 5.58. The highest BCUT2D eigenvalue weighted by molar-refractivity contribution is 5.80. The molecule has 4 rings (SSSR count). The second kappa shape index (κ2) is 11.4. The summed E-state index contributed by atoms with van der Waals surface area (Å²) < 4.78 is 67.5. The van der Waals surface area contributed by atoms with Gasteiger partial charge in [-0.05, 0) is 68.2 Å². The summed E-state index contributed by atoms with van der Waals surface area (Å²) in [4.78, 5) is 16.3. The highest BCUT2D eigenvalue weighted by Crippen LogP contribution is 2.32. The molecular formula is C27H23F5N6O3. The van der Waals surface area contributed by atoms with E-state index in [1.807, 2.05) is 0 Å². The fourth-order valence-electron chi connectivity index (χ4n) is 4.01. The number of rotatable bonds is 7. The van der Waals surface area contributed by atoms with E-state index in [0.29, 0.717) is 17.2 Å². The number of alkyl halides is 3. The van der Waals surface area contributed by atoms with Gasteiger partial charge < -0.3 is 20.8 Å². The molecule has 3 heterocycles. The van der Waals surface area contributed by atoms with Crippen LogP contribution >= 0.6 is 0 Å². The van der Waals surface area contributed by atoms with Gasteiger partial charge in [0, 0.05) is 23.4 Å². The Bertz CT molecular complexity index is 1630. The SMILES string of the molecule is CC(C)(O)C#Cc1ccc(-c2cccn3c(NCC(F)(F)F)nnc23)c(C(Cc2cc(F)cc(F)c2)NC(=O)O)n1. The zero-order chi connectivity index (χ0) is 29.9. The first-order valence-corrected chi connectivity index (χ1v) is 12.0. The van der Waals surface area contributed by atoms with Crippen LogP contribution in [0.2, 0.25) is 0 Å². The molecule has 0 aliphatic heterocycles. The van der Waals surface area contributed by atoms with Gasteiger partial charge in [0.25, 0.3) is 0 Å². The van der Waals surface area contributed by atoms with E-state index in [-0.39, 0.29) is 35.0 Å². The van der Waals surface area contributed by atoms with Crippen molar-refractivity contribution in [3.8, 4) is 23.0 Å². The van der Waals surface area contributed by atoms with Gasteiger partial charge >= 0.3 is 12.3 Å². The number of nitrogens with one attached hydrogen (secondary N) is 2. The quantitative estimate of drug-likeness (QED) is 0.186. The van der Waals surface area contributed by atoms with Crippen LogP contribution in [0.15, 0.2) is 48.7 Å². The molecule has 41 heavy (non-hydrogen) atoms. The zero-order valence-corrected chi connectivity index (χ0v) is 21.6. The summed E-state index contributed by atoms with van der Waals surface area (Å²) in [7, 11) is 0. The van der Waals surface area contributed by atoms with E-state index < -0.39 is 42.1 Å². The third kappa shape index (κ3) is 7.67. The summed E-state index contributed by atoms with van der Waals surface area (Å²) in [6.07, 6.45) is -4.74. The number of nitrogens with zero attached hydrogens (tertiary/aromatic N) is 4.